The van der Waals surface area contributed by atoms with Crippen molar-refractivity contribution in [3.8, 4) is 11.5 Å². The Kier molecular flexibility index (Phi) is 4.53. The van der Waals surface area contributed by atoms with E-state index >= 15 is 0 Å². The SMILES string of the molecule is Cc1cc(Oc2cc(Cl)c(Cl)cc2Cl)c(CO)cn1. The molecule has 0 unspecified atom stereocenters. The average Bonchev–Trinajstić information content (AvgIpc) is 2.36. The van der Waals surface area contributed by atoms with E-state index < -0.39 is 0 Å². The lowest BCUT2D eigenvalue weighted by Gasteiger charge is -2.12. The molecule has 1 N–H and O–H groups in total. The van der Waals surface area contributed by atoms with Crippen molar-refractivity contribution in [1.29, 1.82) is 0 Å². The molecular formula is C13H10Cl3NO2. The first kappa shape index (κ1) is 14.4. The van der Waals surface area contributed by atoms with Gasteiger partial charge in [-0.3, -0.25) is 4.98 Å². The van der Waals surface area contributed by atoms with Crippen LogP contribution in [0.15, 0.2) is 24.4 Å². The molecule has 0 spiro atoms. The van der Waals surface area contributed by atoms with E-state index in [1.807, 2.05) is 6.92 Å². The van der Waals surface area contributed by atoms with Gasteiger partial charge >= 0.3 is 0 Å². The molecule has 1 aromatic carbocycles. The molecule has 1 heterocycles. The first-order valence-corrected chi connectivity index (χ1v) is 6.53. The molecule has 2 rings (SSSR count). The van der Waals surface area contributed by atoms with E-state index in [-0.39, 0.29) is 6.61 Å². The minimum absolute atomic E-state index is 0.179. The van der Waals surface area contributed by atoms with Gasteiger partial charge in [-0.05, 0) is 13.0 Å². The van der Waals surface area contributed by atoms with Crippen molar-refractivity contribution in [3.63, 3.8) is 0 Å². The molecule has 3 nitrogen and oxygen atoms in total. The minimum Gasteiger partial charge on any atom is -0.455 e. The number of hydrogen-bond donors (Lipinski definition) is 1. The van der Waals surface area contributed by atoms with E-state index in [2.05, 4.69) is 4.98 Å². The average molecular weight is 319 g/mol. The summed E-state index contributed by atoms with van der Waals surface area (Å²) in [5, 5.41) is 10.3. The fourth-order valence-corrected chi connectivity index (χ4v) is 2.05. The number of pyridine rings is 1. The smallest absolute Gasteiger partial charge is 0.147 e. The minimum atomic E-state index is -0.179. The van der Waals surface area contributed by atoms with Gasteiger partial charge < -0.3 is 9.84 Å². The van der Waals surface area contributed by atoms with Gasteiger partial charge in [0.05, 0.1) is 21.7 Å². The summed E-state index contributed by atoms with van der Waals surface area (Å²) in [6.07, 6.45) is 1.55. The number of ether oxygens (including phenoxy) is 1. The largest absolute Gasteiger partial charge is 0.455 e. The molecule has 0 fully saturated rings. The maximum atomic E-state index is 9.26. The Hall–Kier alpha value is -1.00. The second-order valence-electron chi connectivity index (χ2n) is 3.89. The molecule has 0 saturated carbocycles. The first-order chi connectivity index (χ1) is 9.01. The monoisotopic (exact) mass is 317 g/mol. The molecule has 1 aromatic heterocycles. The van der Waals surface area contributed by atoms with Gasteiger partial charge in [0.15, 0.2) is 0 Å². The zero-order valence-corrected chi connectivity index (χ0v) is 12.2. The predicted octanol–water partition coefficient (Wildman–Crippen LogP) is 4.63. The Morgan fingerprint density at radius 2 is 1.74 bits per heavy atom. The Morgan fingerprint density at radius 3 is 2.42 bits per heavy atom. The molecule has 2 aromatic rings. The lowest BCUT2D eigenvalue weighted by Crippen LogP contribution is -1.95. The van der Waals surface area contributed by atoms with Crippen molar-refractivity contribution in [3.05, 3.63) is 50.7 Å². The van der Waals surface area contributed by atoms with Crippen LogP contribution in [0.4, 0.5) is 0 Å². The summed E-state index contributed by atoms with van der Waals surface area (Å²) in [4.78, 5) is 4.09. The van der Waals surface area contributed by atoms with Crippen LogP contribution >= 0.6 is 34.8 Å². The fraction of sp³-hybridized carbons (Fsp3) is 0.154. The topological polar surface area (TPSA) is 42.4 Å². The van der Waals surface area contributed by atoms with E-state index in [9.17, 15) is 5.11 Å². The summed E-state index contributed by atoms with van der Waals surface area (Å²) >= 11 is 17.8. The number of nitrogens with zero attached hydrogens (tertiary/aromatic N) is 1. The van der Waals surface area contributed by atoms with E-state index in [0.717, 1.165) is 5.69 Å². The normalized spacial score (nSPS) is 10.6. The van der Waals surface area contributed by atoms with E-state index in [4.69, 9.17) is 39.5 Å². The van der Waals surface area contributed by atoms with Crippen molar-refractivity contribution in [1.82, 2.24) is 4.98 Å². The molecular weight excluding hydrogens is 309 g/mol. The fourth-order valence-electron chi connectivity index (χ4n) is 1.48. The van der Waals surface area contributed by atoms with Gasteiger partial charge in [-0.15, -0.1) is 0 Å². The van der Waals surface area contributed by atoms with Crippen LogP contribution in [0.1, 0.15) is 11.3 Å². The van der Waals surface area contributed by atoms with E-state index in [0.29, 0.717) is 32.1 Å². The molecule has 100 valence electrons. The van der Waals surface area contributed by atoms with Crippen molar-refractivity contribution in [2.24, 2.45) is 0 Å². The highest BCUT2D eigenvalue weighted by molar-refractivity contribution is 6.43. The summed E-state index contributed by atoms with van der Waals surface area (Å²) in [5.74, 6) is 0.853. The number of hydrogen-bond acceptors (Lipinski definition) is 3. The highest BCUT2D eigenvalue weighted by atomic mass is 35.5. The van der Waals surface area contributed by atoms with E-state index in [1.165, 1.54) is 12.1 Å². The highest BCUT2D eigenvalue weighted by Gasteiger charge is 2.11. The molecule has 0 atom stereocenters. The number of aliphatic hydroxyl groups is 1. The number of aryl methyl sites for hydroxylation is 1. The third-order valence-corrected chi connectivity index (χ3v) is 3.46. The number of aliphatic hydroxyl groups excluding tert-OH is 1. The Labute approximate surface area is 125 Å². The second kappa shape index (κ2) is 5.97. The van der Waals surface area contributed by atoms with Gasteiger partial charge in [-0.1, -0.05) is 34.8 Å². The number of aromatic nitrogens is 1. The highest BCUT2D eigenvalue weighted by Crippen LogP contribution is 2.37. The van der Waals surface area contributed by atoms with Crippen LogP contribution in [0.3, 0.4) is 0 Å². The van der Waals surface area contributed by atoms with Crippen LogP contribution in [0.5, 0.6) is 11.5 Å². The van der Waals surface area contributed by atoms with Gasteiger partial charge in [-0.25, -0.2) is 0 Å². The molecule has 0 amide bonds. The Balaban J connectivity index is 2.41. The summed E-state index contributed by atoms with van der Waals surface area (Å²) in [5.41, 5.74) is 1.33. The molecule has 6 heteroatoms. The van der Waals surface area contributed by atoms with Crippen molar-refractivity contribution in [2.75, 3.05) is 0 Å². The Morgan fingerprint density at radius 1 is 1.05 bits per heavy atom. The maximum Gasteiger partial charge on any atom is 0.147 e. The van der Waals surface area contributed by atoms with Gasteiger partial charge in [0, 0.05) is 29.6 Å². The summed E-state index contributed by atoms with van der Waals surface area (Å²) < 4.78 is 5.67. The van der Waals surface area contributed by atoms with Gasteiger partial charge in [-0.2, -0.15) is 0 Å². The molecule has 0 aliphatic rings. The third-order valence-electron chi connectivity index (χ3n) is 2.45. The molecule has 0 bridgehead atoms. The number of benzene rings is 1. The van der Waals surface area contributed by atoms with Crippen LogP contribution in [-0.4, -0.2) is 10.1 Å². The van der Waals surface area contributed by atoms with Crippen LogP contribution < -0.4 is 4.74 Å². The standard InChI is InChI=1S/C13H10Cl3NO2/c1-7-2-12(8(6-18)5-17-7)19-13-4-10(15)9(14)3-11(13)16/h2-5,18H,6H2,1H3. The quantitative estimate of drug-likeness (QED) is 0.839. The van der Waals surface area contributed by atoms with Gasteiger partial charge in [0.1, 0.15) is 11.5 Å². The number of rotatable bonds is 3. The predicted molar refractivity (Wildman–Crippen MR) is 76.4 cm³/mol. The van der Waals surface area contributed by atoms with Crippen molar-refractivity contribution < 1.29 is 9.84 Å². The van der Waals surface area contributed by atoms with Crippen molar-refractivity contribution >= 4 is 34.8 Å². The summed E-state index contributed by atoms with van der Waals surface area (Å²) in [6, 6.07) is 4.75. The van der Waals surface area contributed by atoms with Gasteiger partial charge in [0.25, 0.3) is 0 Å². The third kappa shape index (κ3) is 3.31. The van der Waals surface area contributed by atoms with E-state index in [1.54, 1.807) is 12.3 Å². The molecule has 0 aliphatic heterocycles. The Bertz CT molecular complexity index is 617. The number of halogens is 3. The van der Waals surface area contributed by atoms with Gasteiger partial charge in [0.2, 0.25) is 0 Å². The van der Waals surface area contributed by atoms with Crippen LogP contribution in [0.25, 0.3) is 0 Å². The second-order valence-corrected chi connectivity index (χ2v) is 5.11. The maximum absolute atomic E-state index is 9.26. The molecule has 0 saturated heterocycles. The lowest BCUT2D eigenvalue weighted by molar-refractivity contribution is 0.276. The summed E-state index contributed by atoms with van der Waals surface area (Å²) in [7, 11) is 0. The van der Waals surface area contributed by atoms with Crippen LogP contribution in [-0.2, 0) is 6.61 Å². The lowest BCUT2D eigenvalue weighted by atomic mass is 10.2. The zero-order chi connectivity index (χ0) is 14.0. The van der Waals surface area contributed by atoms with Crippen LogP contribution in [0.2, 0.25) is 15.1 Å². The first-order valence-electron chi connectivity index (χ1n) is 5.40. The molecule has 19 heavy (non-hydrogen) atoms. The zero-order valence-electron chi connectivity index (χ0n) is 9.95. The van der Waals surface area contributed by atoms with Crippen LogP contribution in [0, 0.1) is 6.92 Å². The molecule has 0 aliphatic carbocycles. The van der Waals surface area contributed by atoms with Crippen molar-refractivity contribution in [2.45, 2.75) is 13.5 Å². The summed E-state index contributed by atoms with van der Waals surface area (Å²) in [6.45, 7) is 1.64. The molecule has 0 radical (unpaired) electrons.